The molecular weight excluding hydrogens is 352 g/mol. The Balaban J connectivity index is 1.35. The van der Waals surface area contributed by atoms with Crippen molar-refractivity contribution >= 4 is 39.1 Å². The third kappa shape index (κ3) is 3.38. The van der Waals surface area contributed by atoms with Crippen molar-refractivity contribution in [3.63, 3.8) is 0 Å². The molecule has 4 rings (SSSR count). The van der Waals surface area contributed by atoms with Crippen LogP contribution in [0, 0.1) is 0 Å². The Morgan fingerprint density at radius 2 is 2.12 bits per heavy atom. The Morgan fingerprint density at radius 3 is 2.88 bits per heavy atom. The lowest BCUT2D eigenvalue weighted by atomic mass is 10.0. The number of nitrogens with zero attached hydrogens (tertiary/aromatic N) is 5. The largest absolute Gasteiger partial charge is 0.355 e. The highest BCUT2D eigenvalue weighted by Crippen LogP contribution is 2.29. The van der Waals surface area contributed by atoms with Crippen LogP contribution >= 0.6 is 23.1 Å². The maximum atomic E-state index is 4.54. The van der Waals surface area contributed by atoms with Crippen molar-refractivity contribution in [2.75, 3.05) is 24.2 Å². The molecule has 132 valence electrons. The molecule has 1 aliphatic heterocycles. The van der Waals surface area contributed by atoms with Crippen LogP contribution in [0.2, 0.25) is 0 Å². The zero-order chi connectivity index (χ0) is 17.2. The second-order valence-corrected chi connectivity index (χ2v) is 7.96. The van der Waals surface area contributed by atoms with Gasteiger partial charge in [-0.1, -0.05) is 11.8 Å². The van der Waals surface area contributed by atoms with Crippen molar-refractivity contribution in [3.8, 4) is 0 Å². The Labute approximate surface area is 155 Å². The molecule has 0 saturated carbocycles. The van der Waals surface area contributed by atoms with Crippen LogP contribution in [0.4, 0.5) is 5.82 Å². The van der Waals surface area contributed by atoms with Crippen LogP contribution in [0.5, 0.6) is 0 Å². The van der Waals surface area contributed by atoms with Gasteiger partial charge in [0.2, 0.25) is 0 Å². The number of fused-ring (bicyclic) bond motifs is 1. The molecule has 0 atom stereocenters. The number of nitrogens with one attached hydrogen (secondary N) is 1. The average molecular weight is 375 g/mol. The number of rotatable bonds is 5. The second-order valence-electron chi connectivity index (χ2n) is 6.27. The third-order valence-electron chi connectivity index (χ3n) is 4.82. The van der Waals surface area contributed by atoms with Crippen molar-refractivity contribution in [2.24, 2.45) is 7.05 Å². The normalized spacial score (nSPS) is 16.0. The fourth-order valence-corrected chi connectivity index (χ4v) is 4.74. The summed E-state index contributed by atoms with van der Waals surface area (Å²) in [5.41, 5.74) is 2.29. The van der Waals surface area contributed by atoms with E-state index in [1.54, 1.807) is 29.4 Å². The van der Waals surface area contributed by atoms with Gasteiger partial charge in [0.15, 0.2) is 5.16 Å². The molecule has 0 radical (unpaired) electrons. The molecule has 1 aliphatic rings. The first-order valence-electron chi connectivity index (χ1n) is 8.47. The lowest BCUT2D eigenvalue weighted by Gasteiger charge is -2.33. The smallest absolute Gasteiger partial charge is 0.167 e. The number of piperidine rings is 1. The summed E-state index contributed by atoms with van der Waals surface area (Å²) in [5, 5.41) is 6.85. The summed E-state index contributed by atoms with van der Waals surface area (Å²) in [6, 6.07) is 2.61. The fraction of sp³-hybridized carbons (Fsp3) is 0.471. The lowest BCUT2D eigenvalue weighted by Crippen LogP contribution is -2.42. The van der Waals surface area contributed by atoms with Crippen LogP contribution in [0.15, 0.2) is 29.1 Å². The lowest BCUT2D eigenvalue weighted by molar-refractivity contribution is 0.408. The highest BCUT2D eigenvalue weighted by atomic mass is 32.2. The first-order valence-corrected chi connectivity index (χ1v) is 10.6. The number of anilines is 1. The summed E-state index contributed by atoms with van der Waals surface area (Å²) in [6.45, 7) is 2.93. The van der Waals surface area contributed by atoms with E-state index in [1.165, 1.54) is 10.4 Å². The van der Waals surface area contributed by atoms with Gasteiger partial charge in [-0.15, -0.1) is 11.3 Å². The van der Waals surface area contributed by atoms with E-state index >= 15 is 0 Å². The van der Waals surface area contributed by atoms with Crippen molar-refractivity contribution in [3.05, 3.63) is 29.7 Å². The van der Waals surface area contributed by atoms with Crippen molar-refractivity contribution in [1.29, 1.82) is 0 Å². The summed E-state index contributed by atoms with van der Waals surface area (Å²) < 4.78 is 3.37. The standard InChI is InChI=1S/C17H22N6S2/c1-22-13(10-19-17(22)24-2)9-18-12-3-6-23(7-4-12)16-15-14(5-8-25-15)20-11-21-16/h5,8,10-12,18H,3-4,6-7,9H2,1-2H3. The molecule has 25 heavy (non-hydrogen) atoms. The monoisotopic (exact) mass is 374 g/mol. The maximum Gasteiger partial charge on any atom is 0.167 e. The van der Waals surface area contributed by atoms with E-state index in [9.17, 15) is 0 Å². The first kappa shape index (κ1) is 16.8. The molecular formula is C17H22N6S2. The minimum Gasteiger partial charge on any atom is -0.355 e. The Kier molecular flexibility index (Phi) is 4.91. The minimum absolute atomic E-state index is 0.546. The van der Waals surface area contributed by atoms with Gasteiger partial charge in [0.25, 0.3) is 0 Å². The van der Waals surface area contributed by atoms with Crippen molar-refractivity contribution < 1.29 is 0 Å². The summed E-state index contributed by atoms with van der Waals surface area (Å²) in [5.74, 6) is 1.09. The highest BCUT2D eigenvalue weighted by Gasteiger charge is 2.22. The van der Waals surface area contributed by atoms with E-state index in [-0.39, 0.29) is 0 Å². The van der Waals surface area contributed by atoms with E-state index in [0.717, 1.165) is 49.0 Å². The Hall–Kier alpha value is -1.64. The van der Waals surface area contributed by atoms with Gasteiger partial charge in [-0.05, 0) is 30.5 Å². The van der Waals surface area contributed by atoms with Gasteiger partial charge in [-0.25, -0.2) is 15.0 Å². The Bertz CT molecular complexity index is 850. The summed E-state index contributed by atoms with van der Waals surface area (Å²) >= 11 is 3.41. The quantitative estimate of drug-likeness (QED) is 0.693. The summed E-state index contributed by atoms with van der Waals surface area (Å²) in [7, 11) is 2.08. The summed E-state index contributed by atoms with van der Waals surface area (Å²) in [6.07, 6.45) is 7.98. The molecule has 4 heterocycles. The van der Waals surface area contributed by atoms with Crippen molar-refractivity contribution in [1.82, 2.24) is 24.8 Å². The topological polar surface area (TPSA) is 58.9 Å². The molecule has 0 aromatic carbocycles. The molecule has 1 fully saturated rings. The number of thioether (sulfide) groups is 1. The van der Waals surface area contributed by atoms with Crippen LogP contribution in [-0.4, -0.2) is 44.9 Å². The molecule has 0 unspecified atom stereocenters. The van der Waals surface area contributed by atoms with Gasteiger partial charge in [0, 0.05) is 32.7 Å². The fourth-order valence-electron chi connectivity index (χ4n) is 3.33. The predicted molar refractivity (Wildman–Crippen MR) is 104 cm³/mol. The van der Waals surface area contributed by atoms with Crippen LogP contribution in [-0.2, 0) is 13.6 Å². The molecule has 3 aromatic heterocycles. The number of aromatic nitrogens is 4. The molecule has 8 heteroatoms. The molecule has 0 bridgehead atoms. The van der Waals surface area contributed by atoms with E-state index in [1.807, 2.05) is 6.20 Å². The van der Waals surface area contributed by atoms with Crippen LogP contribution in [0.3, 0.4) is 0 Å². The van der Waals surface area contributed by atoms with E-state index in [2.05, 4.69) is 54.5 Å². The average Bonchev–Trinajstić information content (AvgIpc) is 3.26. The highest BCUT2D eigenvalue weighted by molar-refractivity contribution is 7.98. The second kappa shape index (κ2) is 7.31. The van der Waals surface area contributed by atoms with Gasteiger partial charge >= 0.3 is 0 Å². The molecule has 0 spiro atoms. The number of hydrogen-bond donors (Lipinski definition) is 1. The van der Waals surface area contributed by atoms with Gasteiger partial charge in [-0.3, -0.25) is 0 Å². The zero-order valence-electron chi connectivity index (χ0n) is 14.5. The number of hydrogen-bond acceptors (Lipinski definition) is 7. The van der Waals surface area contributed by atoms with Crippen LogP contribution in [0.1, 0.15) is 18.5 Å². The van der Waals surface area contributed by atoms with Gasteiger partial charge in [0.05, 0.1) is 22.1 Å². The summed E-state index contributed by atoms with van der Waals surface area (Å²) in [4.78, 5) is 15.7. The van der Waals surface area contributed by atoms with Crippen LogP contribution < -0.4 is 10.2 Å². The van der Waals surface area contributed by atoms with Gasteiger partial charge < -0.3 is 14.8 Å². The molecule has 0 aliphatic carbocycles. The van der Waals surface area contributed by atoms with E-state index in [0.29, 0.717) is 6.04 Å². The molecule has 3 aromatic rings. The van der Waals surface area contributed by atoms with Crippen molar-refractivity contribution in [2.45, 2.75) is 30.6 Å². The first-order chi connectivity index (χ1) is 12.3. The molecule has 6 nitrogen and oxygen atoms in total. The van der Waals surface area contributed by atoms with E-state index in [4.69, 9.17) is 0 Å². The zero-order valence-corrected chi connectivity index (χ0v) is 16.1. The number of imidazole rings is 1. The van der Waals surface area contributed by atoms with Gasteiger partial charge in [0.1, 0.15) is 12.1 Å². The third-order valence-corrected chi connectivity index (χ3v) is 6.46. The number of thiophene rings is 1. The molecule has 1 N–H and O–H groups in total. The predicted octanol–water partition coefficient (Wildman–Crippen LogP) is 2.91. The molecule has 0 amide bonds. The van der Waals surface area contributed by atoms with Gasteiger partial charge in [-0.2, -0.15) is 0 Å². The Morgan fingerprint density at radius 1 is 1.28 bits per heavy atom. The van der Waals surface area contributed by atoms with E-state index < -0.39 is 0 Å². The SMILES string of the molecule is CSc1ncc(CNC2CCN(c3ncnc4ccsc34)CC2)n1C. The maximum absolute atomic E-state index is 4.54. The minimum atomic E-state index is 0.546. The molecule has 1 saturated heterocycles. The van der Waals surface area contributed by atoms with Crippen LogP contribution in [0.25, 0.3) is 10.2 Å².